The number of Topliss-reactive ketones (excluding diaryl/α,β-unsaturated/α-hetero) is 7. The Morgan fingerprint density at radius 2 is 0.929 bits per heavy atom. The number of rotatable bonds is 17. The Morgan fingerprint density at radius 3 is 1.13 bits per heavy atom. The van der Waals surface area contributed by atoms with Crippen molar-refractivity contribution in [3.05, 3.63) is 24.3 Å². The number of nitrogens with zero attached hydrogens (tertiary/aromatic N) is 7. The van der Waals surface area contributed by atoms with Crippen molar-refractivity contribution in [2.75, 3.05) is 19.4 Å². The summed E-state index contributed by atoms with van der Waals surface area (Å²) in [6, 6.07) is -1.59. The topological polar surface area (TPSA) is 582 Å². The van der Waals surface area contributed by atoms with Gasteiger partial charge in [0.1, 0.15) is 76.3 Å². The number of carboxylic acids is 2. The van der Waals surface area contributed by atoms with Crippen LogP contribution >= 0.6 is 25.9 Å². The number of halogens is 1. The maximum absolute atomic E-state index is 11.1. The minimum absolute atomic E-state index is 0. The number of amides is 3. The number of carbonyl (C=O) groups is 12. The van der Waals surface area contributed by atoms with Gasteiger partial charge in [-0.05, 0) is 159 Å². The van der Waals surface area contributed by atoms with E-state index in [-0.39, 0.29) is 96.1 Å². The summed E-state index contributed by atoms with van der Waals surface area (Å²) in [6.45, 7) is 46.6. The first-order valence-electron chi connectivity index (χ1n) is 29.0. The van der Waals surface area contributed by atoms with Gasteiger partial charge in [0.25, 0.3) is 16.1 Å². The van der Waals surface area contributed by atoms with Gasteiger partial charge in [-0.25, -0.2) is 55.2 Å². The number of hydrogen-bond acceptors (Lipinski definition) is 30. The number of aliphatic carboxylic acids is 2. The zero-order valence-corrected chi connectivity index (χ0v) is 65.4. The lowest BCUT2D eigenvalue weighted by Crippen LogP contribution is -2.47. The second kappa shape index (κ2) is 62.2. The first kappa shape index (κ1) is 115. The molecule has 578 valence electrons. The van der Waals surface area contributed by atoms with Crippen molar-refractivity contribution in [1.82, 2.24) is 62.0 Å². The van der Waals surface area contributed by atoms with Gasteiger partial charge in [-0.2, -0.15) is 37.2 Å². The monoisotopic (exact) mass is 1490 g/mol. The first-order valence-corrected chi connectivity index (χ1v) is 30.9. The van der Waals surface area contributed by atoms with Crippen LogP contribution < -0.4 is 44.1 Å². The molecule has 38 nitrogen and oxygen atoms in total. The van der Waals surface area contributed by atoms with Crippen LogP contribution in [0.4, 0.5) is 14.4 Å². The molecule has 99 heavy (non-hydrogen) atoms. The second-order valence-corrected chi connectivity index (χ2v) is 24.3. The van der Waals surface area contributed by atoms with Crippen LogP contribution in [0.1, 0.15) is 204 Å². The van der Waals surface area contributed by atoms with Gasteiger partial charge < -0.3 is 39.9 Å². The Kier molecular flexibility index (Phi) is 72.2. The average molecular weight is 1490 g/mol. The smallest absolute Gasteiger partial charge is 0.428 e. The van der Waals surface area contributed by atoms with Crippen molar-refractivity contribution in [3.8, 4) is 0 Å². The number of hydrazone groups is 1. The van der Waals surface area contributed by atoms with Crippen LogP contribution in [0.5, 0.6) is 0 Å². The van der Waals surface area contributed by atoms with Gasteiger partial charge in [-0.15, -0.1) is 12.4 Å². The van der Waals surface area contributed by atoms with Gasteiger partial charge in [0.2, 0.25) is 0 Å². The molecular formula is C58H116ClN17O21S2. The van der Waals surface area contributed by atoms with Crippen molar-refractivity contribution in [2.24, 2.45) is 16.8 Å². The fourth-order valence-electron chi connectivity index (χ4n) is 3.57. The summed E-state index contributed by atoms with van der Waals surface area (Å²) in [6.07, 6.45) is 1.83. The van der Waals surface area contributed by atoms with Crippen LogP contribution in [0.15, 0.2) is 17.8 Å². The minimum atomic E-state index is -3.67. The number of carbonyl (C=O) groups excluding carboxylic acids is 10. The number of hydrazine groups is 3. The standard InChI is InChI=1S/C9H18N2O3.C9H16N2O3.C7H11N3O.C7H14N2O.C6H9N3O2.C5H12N2O2.C4H10N2O.C4H9NO.C4H6O2.C2H4O2.CH4O3S.ClH.H2S/c2*1-6(7(2)12)10-11-8(13)14-9(3,4)5;1-5(6(2)11)10-4-8-7(3)9-10;1-5(8)4-9-6(2)7(3)10;1-4(6(10)11)9-3-7-5(2)8-9;1-5(2,3)9-4(8)7-6;1-3(6-5)4(2)7;1-3-6-4(2)5;1-3(5)4(2)6;1-2(3)4;1-5(2,3)4;;/h6,10H,1-5H3,(H,11,13);1-5H3,(H,11,13);4-5H,1-3H3;6,8-9H,4H2,1-3H3;3-4H,1-2H3,(H,10,11);6H2,1-3H3,(H,7,8);3,6H,5H2,1-2H3;5H,3H2,1-2H3;1-2H3;1H3,(H,3,4);1H3,(H,2,3,4);1H;1H2/b;10-6+;;;;;;;;;;;/t6-;;5-;6-;4-;;3-;;;;;;/m0.000.0....../s1. The minimum Gasteiger partial charge on any atom is -0.482 e. The number of nitrogens with two attached hydrogens (primary N) is 2. The Labute approximate surface area is 595 Å². The molecular weight excluding hydrogens is 1370 g/mol. The maximum atomic E-state index is 11.1. The molecule has 0 aromatic carbocycles. The lowest BCUT2D eigenvalue weighted by atomic mass is 10.2. The molecule has 3 amide bonds. The van der Waals surface area contributed by atoms with Crippen molar-refractivity contribution in [3.63, 3.8) is 0 Å². The van der Waals surface area contributed by atoms with E-state index in [1.165, 1.54) is 59.5 Å². The van der Waals surface area contributed by atoms with Crippen molar-refractivity contribution >= 4 is 124 Å². The highest BCUT2D eigenvalue weighted by Gasteiger charge is 2.19. The van der Waals surface area contributed by atoms with E-state index in [0.717, 1.165) is 6.92 Å². The number of nitrogens with one attached hydrogen (secondary N) is 8. The highest BCUT2D eigenvalue weighted by atomic mass is 35.5. The summed E-state index contributed by atoms with van der Waals surface area (Å²) in [5.74, 6) is 8.73. The summed E-state index contributed by atoms with van der Waals surface area (Å²) in [4.78, 5) is 132. The van der Waals surface area contributed by atoms with E-state index in [9.17, 15) is 61.2 Å². The average Bonchev–Trinajstić information content (AvgIpc) is 1.78. The lowest BCUT2D eigenvalue weighted by molar-refractivity contribution is -0.140. The van der Waals surface area contributed by atoms with Gasteiger partial charge >= 0.3 is 24.2 Å². The quantitative estimate of drug-likeness (QED) is 0.0142. The van der Waals surface area contributed by atoms with Gasteiger partial charge in [0, 0.05) is 46.9 Å². The molecule has 0 bridgehead atoms. The van der Waals surface area contributed by atoms with E-state index in [1.807, 2.05) is 12.3 Å². The van der Waals surface area contributed by atoms with Gasteiger partial charge in [0.05, 0.1) is 31.0 Å². The molecule has 0 radical (unpaired) electrons. The molecule has 2 rings (SSSR count). The van der Waals surface area contributed by atoms with Crippen molar-refractivity contribution in [2.45, 2.75) is 241 Å². The zero-order chi connectivity index (χ0) is 79.3. The molecule has 0 spiro atoms. The van der Waals surface area contributed by atoms with E-state index in [2.05, 4.69) is 57.0 Å². The molecule has 5 atom stereocenters. The molecule has 2 heterocycles. The summed E-state index contributed by atoms with van der Waals surface area (Å²) >= 11 is 0. The number of ketones is 7. The van der Waals surface area contributed by atoms with E-state index in [4.69, 9.17) is 56.3 Å². The lowest BCUT2D eigenvalue weighted by Gasteiger charge is -2.20. The fourth-order valence-corrected chi connectivity index (χ4v) is 3.57. The second-order valence-electron chi connectivity index (χ2n) is 22.8. The van der Waals surface area contributed by atoms with Crippen LogP contribution in [0, 0.1) is 24.7 Å². The summed E-state index contributed by atoms with van der Waals surface area (Å²) in [5, 5.41) is 44.0. The highest BCUT2D eigenvalue weighted by molar-refractivity contribution is 7.85. The molecule has 0 fully saturated rings. The number of ether oxygens (including phenoxy) is 4. The van der Waals surface area contributed by atoms with Crippen LogP contribution in [-0.4, -0.2) is 195 Å². The van der Waals surface area contributed by atoms with Crippen LogP contribution in [0.3, 0.4) is 0 Å². The summed E-state index contributed by atoms with van der Waals surface area (Å²) < 4.78 is 47.9. The number of aryl methyl sites for hydroxylation is 2. The largest absolute Gasteiger partial charge is 0.482 e. The maximum Gasteiger partial charge on any atom is 0.428 e. The van der Waals surface area contributed by atoms with Gasteiger partial charge in [-0.3, -0.25) is 70.4 Å². The number of hydrogen-bond donors (Lipinski definition) is 13. The Balaban J connectivity index is -0.0000000971. The first-order chi connectivity index (χ1) is 43.5. The molecule has 0 saturated carbocycles. The molecule has 0 unspecified atom stereocenters. The van der Waals surface area contributed by atoms with E-state index >= 15 is 0 Å². The molecule has 15 N–H and O–H groups in total. The van der Waals surface area contributed by atoms with Gasteiger partial charge in [-0.1, -0.05) is 0 Å². The molecule has 2 aromatic heterocycles. The number of aromatic nitrogens is 6. The fraction of sp³-hybridized carbons (Fsp3) is 0.672. The SMILES string of the molecule is CC(=N)CN[C@@H](C)C(C)=O.CC(=O)/C(C)=N/NC(=O)OC(C)(C)C.CC(=O)C(C)=O.CC(=O)O.CC(=O)[C@H](C)NN.CC(=O)[C@H](C)NNC(=O)OC(C)(C)C.CC(=O)[C@H](C)n1cnc(C)n1.CC(C)(C)OC(=O)NN.CCOC(C)=N.CS(=O)(=O)O.Cc1ncn([C@@H](C)C(=O)O)n1.Cl.S. The van der Waals surface area contributed by atoms with E-state index in [1.54, 1.807) is 143 Å². The van der Waals surface area contributed by atoms with Crippen molar-refractivity contribution in [1.29, 1.82) is 10.8 Å². The van der Waals surface area contributed by atoms with Crippen LogP contribution in [-0.2, 0) is 72.2 Å². The molecule has 0 aliphatic heterocycles. The zero-order valence-electron chi connectivity index (χ0n) is 62.7. The Hall–Kier alpha value is -8.12. The van der Waals surface area contributed by atoms with Gasteiger partial charge in [0.15, 0.2) is 29.0 Å². The third-order valence-electron chi connectivity index (χ3n) is 9.12. The molecule has 0 saturated heterocycles. The van der Waals surface area contributed by atoms with Crippen molar-refractivity contribution < 1.29 is 99.7 Å². The predicted octanol–water partition coefficient (Wildman–Crippen LogP) is 5.16. The van der Waals surface area contributed by atoms with E-state index < -0.39 is 69.2 Å². The van der Waals surface area contributed by atoms with E-state index in [0.29, 0.717) is 36.8 Å². The number of carboxylic acid groups (broad SMARTS) is 2. The Morgan fingerprint density at radius 1 is 0.596 bits per heavy atom. The highest BCUT2D eigenvalue weighted by Crippen LogP contribution is 2.08. The third kappa shape index (κ3) is 101. The normalized spacial score (nSPS) is 11.5. The van der Waals surface area contributed by atoms with Crippen LogP contribution in [0.25, 0.3) is 0 Å². The van der Waals surface area contributed by atoms with Crippen LogP contribution in [0.2, 0.25) is 0 Å². The Bertz CT molecular complexity index is 2810. The summed E-state index contributed by atoms with van der Waals surface area (Å²) in [5.41, 5.74) is 10.3. The molecule has 0 aliphatic carbocycles. The molecule has 2 aromatic rings. The predicted molar refractivity (Wildman–Crippen MR) is 380 cm³/mol. The molecule has 0 aliphatic rings. The summed E-state index contributed by atoms with van der Waals surface area (Å²) in [7, 11) is -3.67. The third-order valence-corrected chi connectivity index (χ3v) is 9.12. The molecule has 41 heteroatoms.